The van der Waals surface area contributed by atoms with Gasteiger partial charge < -0.3 is 64.4 Å². The van der Waals surface area contributed by atoms with E-state index >= 15 is 0 Å². The molecule has 0 saturated carbocycles. The molecule has 0 aromatic heterocycles. The minimum Gasteiger partial charge on any atom is -0.508 e. The lowest BCUT2D eigenvalue weighted by Crippen LogP contribution is -2.61. The van der Waals surface area contributed by atoms with Crippen LogP contribution in [0.3, 0.4) is 0 Å². The van der Waals surface area contributed by atoms with Crippen molar-refractivity contribution in [3.63, 3.8) is 0 Å². The Balaban J connectivity index is 1.26. The van der Waals surface area contributed by atoms with Gasteiger partial charge in [0.15, 0.2) is 0 Å². The van der Waals surface area contributed by atoms with Gasteiger partial charge in [0, 0.05) is 32.1 Å². The summed E-state index contributed by atoms with van der Waals surface area (Å²) in [6.45, 7) is -1.67. The molecule has 75 heavy (non-hydrogen) atoms. The number of imide groups is 3. The van der Waals surface area contributed by atoms with Crippen LogP contribution in [0, 0.1) is 0 Å². The summed E-state index contributed by atoms with van der Waals surface area (Å²) in [4.78, 5) is 176. The highest BCUT2D eigenvalue weighted by Crippen LogP contribution is 2.31. The SMILES string of the molecule is NCCCC[C@H](NC(=O)[C@H](Cc1ccc(O)cc1)NC(=O)[C@H](CO)NC(=O)[C@H](CO)NC(=O)[C@H](CCCCN)NC(=O)[C@H]1CCC(=O)N1C(=O)[C@H]1CCC(=O)N1C(=O)[C@H]1CCC(=O)N1C(=O)[C@H]1CCC(=O)N1)C(N)=O. The van der Waals surface area contributed by atoms with Crippen LogP contribution in [0.15, 0.2) is 24.3 Å². The number of hydrogen-bond acceptors (Lipinski definition) is 18. The lowest BCUT2D eigenvalue weighted by Gasteiger charge is -2.32. The second kappa shape index (κ2) is 27.2. The number of unbranched alkanes of at least 4 members (excludes halogenated alkanes) is 2. The summed E-state index contributed by atoms with van der Waals surface area (Å²) in [5, 5.41) is 44.6. The maximum absolute atomic E-state index is 14.2. The standard InChI is InChI=1S/C47H66N12O16/c48-19-3-1-5-26(39(50)67)52-41(69)29(21-24-7-9-25(62)10-8-24)54-42(70)30(22-60)56-43(71)31(23-61)55-40(68)27(6-2-4-20-49)53-44(72)32-12-16-36(64)57(32)46(74)34-14-18-38(66)59(34)47(75)33-13-17-37(65)58(33)45(73)28-11-15-35(63)51-28/h7-10,26-34,60-62H,1-6,11-23,48-49H2,(H2,50,67)(H,51,63)(H,52,69)(H,53,72)(H,54,70)(H,55,68)(H,56,71)/t26-,27-,28+,29-,30-,31-,32+,33+,34+/m0/s1. The zero-order valence-electron chi connectivity index (χ0n) is 41.2. The highest BCUT2D eigenvalue weighted by Gasteiger charge is 2.53. The van der Waals surface area contributed by atoms with Crippen LogP contribution >= 0.6 is 0 Å². The number of aliphatic hydroxyl groups is 2. The Hall–Kier alpha value is -7.43. The van der Waals surface area contributed by atoms with Crippen molar-refractivity contribution < 1.29 is 77.6 Å². The van der Waals surface area contributed by atoms with Crippen LogP contribution < -0.4 is 49.1 Å². The summed E-state index contributed by atoms with van der Waals surface area (Å²) < 4.78 is 0. The lowest BCUT2D eigenvalue weighted by atomic mass is 10.0. The zero-order chi connectivity index (χ0) is 55.1. The molecule has 410 valence electrons. The summed E-state index contributed by atoms with van der Waals surface area (Å²) in [6, 6.07) is -7.92. The Morgan fingerprint density at radius 2 is 0.973 bits per heavy atom. The summed E-state index contributed by atoms with van der Waals surface area (Å²) in [5.41, 5.74) is 17.2. The van der Waals surface area contributed by atoms with Crippen LogP contribution in [0.1, 0.15) is 95.5 Å². The van der Waals surface area contributed by atoms with E-state index in [0.717, 1.165) is 0 Å². The highest BCUT2D eigenvalue weighted by atomic mass is 16.3. The van der Waals surface area contributed by atoms with Gasteiger partial charge >= 0.3 is 0 Å². The van der Waals surface area contributed by atoms with Crippen molar-refractivity contribution in [3.05, 3.63) is 29.8 Å². The van der Waals surface area contributed by atoms with E-state index < -0.39 is 144 Å². The molecule has 5 rings (SSSR count). The maximum atomic E-state index is 14.2. The van der Waals surface area contributed by atoms with Gasteiger partial charge in [0.05, 0.1) is 13.2 Å². The predicted molar refractivity (Wildman–Crippen MR) is 256 cm³/mol. The van der Waals surface area contributed by atoms with E-state index in [2.05, 4.69) is 31.9 Å². The van der Waals surface area contributed by atoms with E-state index in [1.807, 2.05) is 0 Å². The van der Waals surface area contributed by atoms with Gasteiger partial charge in [0.2, 0.25) is 59.1 Å². The normalized spacial score (nSPS) is 21.4. The fraction of sp³-hybridized carbons (Fsp3) is 0.596. The molecule has 4 fully saturated rings. The molecular formula is C47H66N12O16. The van der Waals surface area contributed by atoms with Crippen molar-refractivity contribution in [2.75, 3.05) is 26.3 Å². The summed E-state index contributed by atoms with van der Waals surface area (Å²) in [5.74, 6) is -12.1. The van der Waals surface area contributed by atoms with Crippen molar-refractivity contribution in [1.29, 1.82) is 0 Å². The third-order valence-corrected chi connectivity index (χ3v) is 13.3. The molecule has 1 aromatic carbocycles. The number of carbonyl (C=O) groups excluding carboxylic acids is 13. The molecule has 4 saturated heterocycles. The van der Waals surface area contributed by atoms with E-state index in [0.29, 0.717) is 46.1 Å². The zero-order valence-corrected chi connectivity index (χ0v) is 41.2. The van der Waals surface area contributed by atoms with Crippen molar-refractivity contribution in [2.45, 2.75) is 151 Å². The Kier molecular flexibility index (Phi) is 21.2. The fourth-order valence-corrected chi connectivity index (χ4v) is 9.25. The van der Waals surface area contributed by atoms with Crippen molar-refractivity contribution >= 4 is 76.8 Å². The van der Waals surface area contributed by atoms with Gasteiger partial charge in [-0.25, -0.2) is 0 Å². The third kappa shape index (κ3) is 14.9. The van der Waals surface area contributed by atoms with Gasteiger partial charge in [-0.15, -0.1) is 0 Å². The molecule has 1 aromatic rings. The minimum atomic E-state index is -1.83. The summed E-state index contributed by atoms with van der Waals surface area (Å²) >= 11 is 0. The Morgan fingerprint density at radius 3 is 1.44 bits per heavy atom. The molecule has 0 bridgehead atoms. The first-order valence-corrected chi connectivity index (χ1v) is 24.8. The van der Waals surface area contributed by atoms with Crippen LogP contribution in [0.2, 0.25) is 0 Å². The van der Waals surface area contributed by atoms with E-state index in [1.165, 1.54) is 24.3 Å². The molecule has 28 nitrogen and oxygen atoms in total. The summed E-state index contributed by atoms with van der Waals surface area (Å²) in [7, 11) is 0. The van der Waals surface area contributed by atoms with Crippen LogP contribution in [0.25, 0.3) is 0 Å². The van der Waals surface area contributed by atoms with Crippen molar-refractivity contribution in [3.8, 4) is 5.75 Å². The molecule has 15 N–H and O–H groups in total. The number of carbonyl (C=O) groups is 13. The molecule has 0 spiro atoms. The average Bonchev–Trinajstić information content (AvgIpc) is 4.19. The first-order chi connectivity index (χ1) is 35.7. The van der Waals surface area contributed by atoms with Gasteiger partial charge in [0.25, 0.3) is 17.7 Å². The number of nitrogens with zero attached hydrogens (tertiary/aromatic N) is 3. The smallest absolute Gasteiger partial charge is 0.253 e. The molecule has 4 aliphatic rings. The van der Waals surface area contributed by atoms with Crippen LogP contribution in [-0.4, -0.2) is 187 Å². The van der Waals surface area contributed by atoms with Crippen LogP contribution in [0.4, 0.5) is 0 Å². The van der Waals surface area contributed by atoms with Gasteiger partial charge in [-0.1, -0.05) is 12.1 Å². The topological polar surface area (TPSA) is 443 Å². The largest absolute Gasteiger partial charge is 0.508 e. The number of primary amides is 1. The second-order valence-corrected chi connectivity index (χ2v) is 18.6. The Morgan fingerprint density at radius 1 is 0.547 bits per heavy atom. The molecular weight excluding hydrogens is 989 g/mol. The molecule has 0 aliphatic carbocycles. The predicted octanol–water partition coefficient (Wildman–Crippen LogP) is -6.08. The van der Waals surface area contributed by atoms with Crippen molar-refractivity contribution in [2.24, 2.45) is 17.2 Å². The molecule has 0 unspecified atom stereocenters. The Labute approximate surface area is 429 Å². The number of hydrogen-bond donors (Lipinski definition) is 12. The highest BCUT2D eigenvalue weighted by molar-refractivity contribution is 6.13. The number of phenolic OH excluding ortho intramolecular Hbond substituents is 1. The number of amides is 13. The van der Waals surface area contributed by atoms with Crippen LogP contribution in [0.5, 0.6) is 5.75 Å². The van der Waals surface area contributed by atoms with Crippen LogP contribution in [-0.2, 0) is 68.7 Å². The van der Waals surface area contributed by atoms with Crippen molar-refractivity contribution in [1.82, 2.24) is 46.6 Å². The van der Waals surface area contributed by atoms with Gasteiger partial charge in [-0.2, -0.15) is 0 Å². The van der Waals surface area contributed by atoms with E-state index in [1.54, 1.807) is 0 Å². The Bertz CT molecular complexity index is 2370. The molecule has 4 aliphatic heterocycles. The molecule has 4 heterocycles. The summed E-state index contributed by atoms with van der Waals surface area (Å²) in [6.07, 6.45) is -0.239. The number of aromatic hydroxyl groups is 1. The maximum Gasteiger partial charge on any atom is 0.253 e. The molecule has 0 radical (unpaired) electrons. The number of nitrogens with one attached hydrogen (secondary N) is 6. The molecule has 13 amide bonds. The number of likely N-dealkylation sites (tertiary alicyclic amines) is 3. The van der Waals surface area contributed by atoms with Gasteiger partial charge in [-0.05, 0) is 95.0 Å². The van der Waals surface area contributed by atoms with E-state index in [9.17, 15) is 77.6 Å². The number of rotatable bonds is 26. The third-order valence-electron chi connectivity index (χ3n) is 13.3. The number of aliphatic hydroxyl groups excluding tert-OH is 2. The number of nitrogens with two attached hydrogens (primary N) is 3. The lowest BCUT2D eigenvalue weighted by molar-refractivity contribution is -0.160. The fourth-order valence-electron chi connectivity index (χ4n) is 9.25. The van der Waals surface area contributed by atoms with E-state index in [-0.39, 0.29) is 89.3 Å². The quantitative estimate of drug-likeness (QED) is 0.0303. The minimum absolute atomic E-state index is 0.0154. The molecule has 28 heteroatoms. The number of benzene rings is 1. The van der Waals surface area contributed by atoms with Gasteiger partial charge in [-0.3, -0.25) is 77.0 Å². The van der Waals surface area contributed by atoms with E-state index in [4.69, 9.17) is 17.2 Å². The molecule has 9 atom stereocenters. The second-order valence-electron chi connectivity index (χ2n) is 18.6. The number of phenols is 1. The average molecular weight is 1060 g/mol. The van der Waals surface area contributed by atoms with Gasteiger partial charge in [0.1, 0.15) is 60.1 Å². The monoisotopic (exact) mass is 1050 g/mol. The first kappa shape index (κ1) is 58.5. The first-order valence-electron chi connectivity index (χ1n) is 24.8.